The van der Waals surface area contributed by atoms with Crippen molar-refractivity contribution < 1.29 is 4.79 Å². The van der Waals surface area contributed by atoms with Gasteiger partial charge < -0.3 is 10.7 Å². The zero-order valence-corrected chi connectivity index (χ0v) is 4.53. The van der Waals surface area contributed by atoms with Crippen LogP contribution in [0.3, 0.4) is 0 Å². The monoisotopic (exact) mass is 125 g/mol. The Labute approximate surface area is 51.9 Å². The lowest BCUT2D eigenvalue weighted by Crippen LogP contribution is -2.12. The summed E-state index contributed by atoms with van der Waals surface area (Å²) in [4.78, 5) is 16.3. The van der Waals surface area contributed by atoms with E-state index in [0.29, 0.717) is 0 Å². The Morgan fingerprint density at radius 3 is 2.67 bits per heavy atom. The Kier molecular flexibility index (Phi) is 2.40. The molecule has 9 heavy (non-hydrogen) atoms. The molecule has 0 aliphatic carbocycles. The van der Waals surface area contributed by atoms with Gasteiger partial charge in [-0.25, -0.2) is 4.98 Å². The summed E-state index contributed by atoms with van der Waals surface area (Å²) in [6, 6.07) is 0. The third kappa shape index (κ3) is 1.54. The number of nitrogens with two attached hydrogens (primary N) is 1. The van der Waals surface area contributed by atoms with E-state index in [4.69, 9.17) is 5.73 Å². The number of hydrogen-bond acceptors (Lipinski definition) is 2. The number of carbonyl (C=O) groups is 1. The normalized spacial score (nSPS) is 8.00. The molecule has 0 unspecified atom stereocenters. The third-order valence-electron chi connectivity index (χ3n) is 0.732. The SMILES string of the molecule is NC(=O)c1ncc[nH]1.[N]. The fourth-order valence-electron chi connectivity index (χ4n) is 0.400. The molecule has 0 aliphatic heterocycles. The van der Waals surface area contributed by atoms with Crippen molar-refractivity contribution in [3.63, 3.8) is 0 Å². The molecule has 0 atom stereocenters. The molecule has 1 rings (SSSR count). The fraction of sp³-hybridized carbons (Fsp3) is 0. The first-order valence-corrected chi connectivity index (χ1v) is 2.10. The summed E-state index contributed by atoms with van der Waals surface area (Å²) < 4.78 is 0. The minimum Gasteiger partial charge on any atom is -0.363 e. The smallest absolute Gasteiger partial charge is 0.284 e. The quantitative estimate of drug-likeness (QED) is 0.504. The number of rotatable bonds is 1. The molecule has 0 fully saturated rings. The number of nitrogens with one attached hydrogen (secondary N) is 1. The summed E-state index contributed by atoms with van der Waals surface area (Å²) in [5.41, 5.74) is 4.83. The van der Waals surface area contributed by atoms with Crippen LogP contribution in [0.2, 0.25) is 0 Å². The highest BCUT2D eigenvalue weighted by Gasteiger charge is 1.97. The molecule has 0 bridgehead atoms. The van der Waals surface area contributed by atoms with Crippen molar-refractivity contribution in [1.29, 1.82) is 0 Å². The van der Waals surface area contributed by atoms with Gasteiger partial charge in [0.15, 0.2) is 5.82 Å². The van der Waals surface area contributed by atoms with Crippen LogP contribution in [0.15, 0.2) is 12.4 Å². The highest BCUT2D eigenvalue weighted by Crippen LogP contribution is 1.82. The van der Waals surface area contributed by atoms with Gasteiger partial charge in [-0.05, 0) is 0 Å². The molecule has 0 aromatic carbocycles. The first-order chi connectivity index (χ1) is 3.80. The first-order valence-electron chi connectivity index (χ1n) is 2.10. The van der Waals surface area contributed by atoms with Crippen LogP contribution < -0.4 is 11.9 Å². The van der Waals surface area contributed by atoms with E-state index in [-0.39, 0.29) is 12.0 Å². The predicted molar refractivity (Wildman–Crippen MR) is 29.2 cm³/mol. The number of carbonyl (C=O) groups excluding carboxylic acids is 1. The van der Waals surface area contributed by atoms with Crippen LogP contribution in [-0.2, 0) is 0 Å². The molecule has 0 spiro atoms. The van der Waals surface area contributed by atoms with E-state index in [1.165, 1.54) is 6.20 Å². The lowest BCUT2D eigenvalue weighted by atomic mass is 10.6. The molecule has 0 aliphatic rings. The second kappa shape index (κ2) is 2.83. The maximum absolute atomic E-state index is 10.2. The molecular formula is C4H5N4O. The number of nitrogens with zero attached hydrogens (tertiary/aromatic N) is 2. The van der Waals surface area contributed by atoms with Crippen molar-refractivity contribution >= 4 is 5.91 Å². The zero-order chi connectivity index (χ0) is 5.98. The van der Waals surface area contributed by atoms with Crippen molar-refractivity contribution in [3.8, 4) is 0 Å². The Morgan fingerprint density at radius 1 is 1.78 bits per heavy atom. The van der Waals surface area contributed by atoms with E-state index in [0.717, 1.165) is 0 Å². The second-order valence-corrected chi connectivity index (χ2v) is 1.30. The standard InChI is InChI=1S/C4H5N3O.N/c5-3(8)4-6-1-2-7-4;/h1-2H,(H2,5,8)(H,6,7);. The Morgan fingerprint density at radius 2 is 2.44 bits per heavy atom. The zero-order valence-electron chi connectivity index (χ0n) is 4.53. The lowest BCUT2D eigenvalue weighted by molar-refractivity contribution is 0.0991. The molecule has 1 aromatic rings. The van der Waals surface area contributed by atoms with Crippen LogP contribution in [0.4, 0.5) is 0 Å². The summed E-state index contributed by atoms with van der Waals surface area (Å²) in [6.07, 6.45) is 3.01. The Hall–Kier alpha value is -1.36. The van der Waals surface area contributed by atoms with Crippen molar-refractivity contribution in [1.82, 2.24) is 16.1 Å². The lowest BCUT2D eigenvalue weighted by Gasteiger charge is -1.80. The molecule has 5 heteroatoms. The summed E-state index contributed by atoms with van der Waals surface area (Å²) in [5, 5.41) is 0. The summed E-state index contributed by atoms with van der Waals surface area (Å²) >= 11 is 0. The highest BCUT2D eigenvalue weighted by molar-refractivity contribution is 5.88. The van der Waals surface area contributed by atoms with Crippen molar-refractivity contribution in [2.75, 3.05) is 0 Å². The Bertz CT molecular complexity index is 180. The number of aromatic nitrogens is 2. The maximum atomic E-state index is 10.2. The van der Waals surface area contributed by atoms with Crippen molar-refractivity contribution in [2.45, 2.75) is 0 Å². The molecule has 1 amide bonds. The number of aromatic amines is 1. The number of amides is 1. The van der Waals surface area contributed by atoms with E-state index in [1.54, 1.807) is 6.20 Å². The van der Waals surface area contributed by atoms with Gasteiger partial charge >= 0.3 is 0 Å². The van der Waals surface area contributed by atoms with Crippen LogP contribution >= 0.6 is 0 Å². The predicted octanol–water partition coefficient (Wildman–Crippen LogP) is -0.972. The topological polar surface area (TPSA) is 102 Å². The largest absolute Gasteiger partial charge is 0.363 e. The third-order valence-corrected chi connectivity index (χ3v) is 0.732. The van der Waals surface area contributed by atoms with Gasteiger partial charge in [-0.15, -0.1) is 0 Å². The van der Waals surface area contributed by atoms with E-state index in [2.05, 4.69) is 9.97 Å². The second-order valence-electron chi connectivity index (χ2n) is 1.30. The molecule has 3 radical (unpaired) electrons. The van der Waals surface area contributed by atoms with E-state index in [9.17, 15) is 4.79 Å². The number of H-pyrrole nitrogens is 1. The molecule has 1 aromatic heterocycles. The van der Waals surface area contributed by atoms with Crippen LogP contribution in [-0.4, -0.2) is 15.9 Å². The van der Waals surface area contributed by atoms with Gasteiger partial charge in [0.25, 0.3) is 5.91 Å². The highest BCUT2D eigenvalue weighted by atomic mass is 16.1. The fourth-order valence-corrected chi connectivity index (χ4v) is 0.400. The van der Waals surface area contributed by atoms with Crippen molar-refractivity contribution in [3.05, 3.63) is 18.2 Å². The summed E-state index contributed by atoms with van der Waals surface area (Å²) in [7, 11) is 0. The minimum absolute atomic E-state index is 0. The van der Waals surface area contributed by atoms with E-state index < -0.39 is 5.91 Å². The van der Waals surface area contributed by atoms with Gasteiger partial charge in [-0.2, -0.15) is 0 Å². The average Bonchev–Trinajstić information content (AvgIpc) is 2.12. The van der Waals surface area contributed by atoms with Crippen LogP contribution in [0.25, 0.3) is 0 Å². The first kappa shape index (κ1) is 7.64. The van der Waals surface area contributed by atoms with Crippen molar-refractivity contribution in [2.24, 2.45) is 5.73 Å². The van der Waals surface area contributed by atoms with E-state index in [1.807, 2.05) is 0 Å². The average molecular weight is 125 g/mol. The van der Waals surface area contributed by atoms with Gasteiger partial charge in [0.2, 0.25) is 0 Å². The van der Waals surface area contributed by atoms with Crippen LogP contribution in [0, 0.1) is 0 Å². The Balaban J connectivity index is 0.000000640. The van der Waals surface area contributed by atoms with Gasteiger partial charge in [0.05, 0.1) is 0 Å². The summed E-state index contributed by atoms with van der Waals surface area (Å²) in [5.74, 6) is -0.333. The minimum atomic E-state index is -0.532. The molecule has 47 valence electrons. The molecule has 1 heterocycles. The number of primary amides is 1. The van der Waals surface area contributed by atoms with Crippen LogP contribution in [0.5, 0.6) is 0 Å². The van der Waals surface area contributed by atoms with Gasteiger partial charge in [0, 0.05) is 18.5 Å². The molecule has 0 saturated heterocycles. The van der Waals surface area contributed by atoms with Gasteiger partial charge in [-0.3, -0.25) is 4.79 Å². The number of imidazole rings is 1. The van der Waals surface area contributed by atoms with Gasteiger partial charge in [-0.1, -0.05) is 0 Å². The molecule has 3 N–H and O–H groups in total. The van der Waals surface area contributed by atoms with Gasteiger partial charge in [0.1, 0.15) is 0 Å². The van der Waals surface area contributed by atoms with Crippen LogP contribution in [0.1, 0.15) is 10.6 Å². The number of hydrogen-bond donors (Lipinski definition) is 2. The summed E-state index contributed by atoms with van der Waals surface area (Å²) in [6.45, 7) is 0. The maximum Gasteiger partial charge on any atom is 0.284 e. The molecule has 5 nitrogen and oxygen atoms in total. The molecule has 0 saturated carbocycles. The molecular weight excluding hydrogens is 120 g/mol. The van der Waals surface area contributed by atoms with E-state index >= 15 is 0 Å².